The Balaban J connectivity index is 1.98. The normalized spacial score (nSPS) is 18.6. The molecule has 1 aliphatic rings. The van der Waals surface area contributed by atoms with Crippen molar-refractivity contribution < 1.29 is 19.1 Å². The molecule has 3 N–H and O–H groups in total. The lowest BCUT2D eigenvalue weighted by Gasteiger charge is -2.31. The van der Waals surface area contributed by atoms with Gasteiger partial charge in [-0.25, -0.2) is 4.79 Å². The second kappa shape index (κ2) is 10.6. The molecule has 8 heteroatoms. The summed E-state index contributed by atoms with van der Waals surface area (Å²) in [4.78, 5) is 27.3. The van der Waals surface area contributed by atoms with Crippen LogP contribution in [0.25, 0.3) is 0 Å². The predicted molar refractivity (Wildman–Crippen MR) is 139 cm³/mol. The lowest BCUT2D eigenvalue weighted by molar-refractivity contribution is -0.131. The maximum Gasteiger partial charge on any atom is 0.407 e. The number of hydrogen-bond donors (Lipinski definition) is 2. The van der Waals surface area contributed by atoms with Gasteiger partial charge in [0.15, 0.2) is 0 Å². The Bertz CT molecular complexity index is 1070. The molecular formula is C27H36ClN3O4. The third kappa shape index (κ3) is 7.19. The number of alkyl carbamates (subject to hydrolysis) is 1. The Kier molecular flexibility index (Phi) is 8.14. The Labute approximate surface area is 212 Å². The van der Waals surface area contributed by atoms with E-state index in [0.717, 1.165) is 22.4 Å². The van der Waals surface area contributed by atoms with Crippen LogP contribution >= 0.6 is 11.6 Å². The van der Waals surface area contributed by atoms with Crippen molar-refractivity contribution in [3.63, 3.8) is 0 Å². The molecule has 190 valence electrons. The fraction of sp³-hybridized carbons (Fsp3) is 0.481. The first-order valence-corrected chi connectivity index (χ1v) is 12.2. The highest BCUT2D eigenvalue weighted by Gasteiger charge is 2.37. The second-order valence-corrected chi connectivity index (χ2v) is 11.5. The minimum absolute atomic E-state index is 0.0532. The summed E-state index contributed by atoms with van der Waals surface area (Å²) in [5.41, 5.74) is 8.53. The topological polar surface area (TPSA) is 93.9 Å². The lowest BCUT2D eigenvalue weighted by atomic mass is 9.94. The SMILES string of the molecule is CC(C)(C)CN1C(=O)C(CN)OC(c2cccc(CNC(=O)OC(C)(C)C)c2)c2cc(Cl)ccc21. The van der Waals surface area contributed by atoms with Crippen molar-refractivity contribution in [1.29, 1.82) is 0 Å². The van der Waals surface area contributed by atoms with E-state index in [9.17, 15) is 9.59 Å². The fourth-order valence-corrected chi connectivity index (χ4v) is 4.16. The number of amides is 2. The van der Waals surface area contributed by atoms with Crippen LogP contribution in [0.1, 0.15) is 64.3 Å². The van der Waals surface area contributed by atoms with E-state index in [4.69, 9.17) is 26.8 Å². The van der Waals surface area contributed by atoms with Gasteiger partial charge in [-0.15, -0.1) is 0 Å². The van der Waals surface area contributed by atoms with Gasteiger partial charge in [-0.1, -0.05) is 56.6 Å². The molecule has 2 aromatic carbocycles. The zero-order valence-electron chi connectivity index (χ0n) is 21.4. The number of carbonyl (C=O) groups excluding carboxylic acids is 2. The van der Waals surface area contributed by atoms with Crippen LogP contribution in [0.15, 0.2) is 42.5 Å². The van der Waals surface area contributed by atoms with Gasteiger partial charge < -0.3 is 25.4 Å². The van der Waals surface area contributed by atoms with Gasteiger partial charge in [-0.05, 0) is 55.5 Å². The van der Waals surface area contributed by atoms with Crippen LogP contribution in [-0.2, 0) is 20.8 Å². The Morgan fingerprint density at radius 3 is 2.49 bits per heavy atom. The largest absolute Gasteiger partial charge is 0.444 e. The summed E-state index contributed by atoms with van der Waals surface area (Å²) >= 11 is 6.39. The molecule has 3 rings (SSSR count). The summed E-state index contributed by atoms with van der Waals surface area (Å²) in [6.45, 7) is 12.5. The molecule has 0 spiro atoms. The Morgan fingerprint density at radius 1 is 1.14 bits per heavy atom. The quantitative estimate of drug-likeness (QED) is 0.588. The number of carbonyl (C=O) groups is 2. The lowest BCUT2D eigenvalue weighted by Crippen LogP contribution is -2.46. The number of fused-ring (bicyclic) bond motifs is 1. The van der Waals surface area contributed by atoms with Crippen LogP contribution in [0.2, 0.25) is 5.02 Å². The smallest absolute Gasteiger partial charge is 0.407 e. The number of nitrogens with one attached hydrogen (secondary N) is 1. The summed E-state index contributed by atoms with van der Waals surface area (Å²) in [7, 11) is 0. The van der Waals surface area contributed by atoms with Crippen molar-refractivity contribution in [2.24, 2.45) is 11.1 Å². The maximum absolute atomic E-state index is 13.5. The minimum atomic E-state index is -0.808. The average Bonchev–Trinajstić information content (AvgIpc) is 2.85. The molecule has 1 heterocycles. The summed E-state index contributed by atoms with van der Waals surface area (Å²) < 4.78 is 11.7. The number of ether oxygens (including phenoxy) is 2. The molecule has 0 radical (unpaired) electrons. The monoisotopic (exact) mass is 501 g/mol. The van der Waals surface area contributed by atoms with Gasteiger partial charge in [0.1, 0.15) is 17.8 Å². The van der Waals surface area contributed by atoms with Crippen molar-refractivity contribution in [3.05, 3.63) is 64.2 Å². The third-order valence-corrected chi connectivity index (χ3v) is 5.58. The Morgan fingerprint density at radius 2 is 1.86 bits per heavy atom. The Hall–Kier alpha value is -2.61. The molecule has 0 fully saturated rings. The van der Waals surface area contributed by atoms with Gasteiger partial charge in [0.2, 0.25) is 0 Å². The second-order valence-electron chi connectivity index (χ2n) is 11.0. The summed E-state index contributed by atoms with van der Waals surface area (Å²) in [5, 5.41) is 3.33. The van der Waals surface area contributed by atoms with E-state index < -0.39 is 23.9 Å². The van der Waals surface area contributed by atoms with Crippen molar-refractivity contribution >= 4 is 29.3 Å². The highest BCUT2D eigenvalue weighted by atomic mass is 35.5. The molecule has 2 atom stereocenters. The predicted octanol–water partition coefficient (Wildman–Crippen LogP) is 5.19. The standard InChI is InChI=1S/C27H36ClN3O4/c1-26(2,3)16-31-21-11-10-19(28)13-20(21)23(34-22(14-29)24(31)32)18-9-7-8-17(12-18)15-30-25(33)35-27(4,5)6/h7-13,22-23H,14-16,29H2,1-6H3,(H,30,33). The molecular weight excluding hydrogens is 466 g/mol. The highest BCUT2D eigenvalue weighted by molar-refractivity contribution is 6.30. The zero-order chi connectivity index (χ0) is 26.0. The van der Waals surface area contributed by atoms with Crippen molar-refractivity contribution in [3.8, 4) is 0 Å². The molecule has 1 aliphatic heterocycles. The summed E-state index contributed by atoms with van der Waals surface area (Å²) in [6.07, 6.45) is -1.86. The number of benzene rings is 2. The highest BCUT2D eigenvalue weighted by Crippen LogP contribution is 2.40. The number of rotatable bonds is 5. The fourth-order valence-electron chi connectivity index (χ4n) is 3.98. The number of nitrogens with zero attached hydrogens (tertiary/aromatic N) is 1. The van der Waals surface area contributed by atoms with Crippen molar-refractivity contribution in [2.75, 3.05) is 18.0 Å². The third-order valence-electron chi connectivity index (χ3n) is 5.34. The zero-order valence-corrected chi connectivity index (χ0v) is 22.1. The molecule has 2 amide bonds. The van der Waals surface area contributed by atoms with E-state index in [1.165, 1.54) is 0 Å². The number of nitrogens with two attached hydrogens (primary N) is 1. The summed E-state index contributed by atoms with van der Waals surface area (Å²) in [5.74, 6) is -0.170. The van der Waals surface area contributed by atoms with E-state index in [2.05, 4.69) is 26.1 Å². The molecule has 2 aromatic rings. The van der Waals surface area contributed by atoms with Crippen molar-refractivity contribution in [2.45, 2.75) is 65.9 Å². The van der Waals surface area contributed by atoms with Gasteiger partial charge in [0.25, 0.3) is 5.91 Å². The van der Waals surface area contributed by atoms with E-state index in [1.54, 1.807) is 11.0 Å². The van der Waals surface area contributed by atoms with E-state index in [0.29, 0.717) is 11.6 Å². The van der Waals surface area contributed by atoms with Crippen LogP contribution in [0.4, 0.5) is 10.5 Å². The van der Waals surface area contributed by atoms with Gasteiger partial charge >= 0.3 is 6.09 Å². The van der Waals surface area contributed by atoms with E-state index >= 15 is 0 Å². The number of hydrogen-bond acceptors (Lipinski definition) is 5. The molecule has 7 nitrogen and oxygen atoms in total. The summed E-state index contributed by atoms with van der Waals surface area (Å²) in [6, 6.07) is 13.2. The minimum Gasteiger partial charge on any atom is -0.444 e. The van der Waals surface area contributed by atoms with Crippen LogP contribution in [0.3, 0.4) is 0 Å². The molecule has 35 heavy (non-hydrogen) atoms. The number of anilines is 1. The van der Waals surface area contributed by atoms with Gasteiger partial charge in [-0.2, -0.15) is 0 Å². The molecule has 0 saturated heterocycles. The van der Waals surface area contributed by atoms with Gasteiger partial charge in [0.05, 0.1) is 0 Å². The number of halogens is 1. The van der Waals surface area contributed by atoms with Crippen LogP contribution in [0, 0.1) is 5.41 Å². The maximum atomic E-state index is 13.5. The molecule has 0 aromatic heterocycles. The molecule has 0 bridgehead atoms. The molecule has 2 unspecified atom stereocenters. The van der Waals surface area contributed by atoms with Gasteiger partial charge in [-0.3, -0.25) is 4.79 Å². The first kappa shape index (κ1) is 27.0. The van der Waals surface area contributed by atoms with Crippen LogP contribution in [-0.4, -0.2) is 36.8 Å². The molecule has 0 saturated carbocycles. The first-order chi connectivity index (χ1) is 16.3. The van der Waals surface area contributed by atoms with E-state index in [1.807, 2.05) is 57.2 Å². The van der Waals surface area contributed by atoms with Gasteiger partial charge in [0, 0.05) is 35.9 Å². The van der Waals surface area contributed by atoms with Crippen LogP contribution < -0.4 is 16.0 Å². The molecule has 0 aliphatic carbocycles. The van der Waals surface area contributed by atoms with Crippen LogP contribution in [0.5, 0.6) is 0 Å². The van der Waals surface area contributed by atoms with E-state index in [-0.39, 0.29) is 24.4 Å². The first-order valence-electron chi connectivity index (χ1n) is 11.8. The average molecular weight is 502 g/mol. The van der Waals surface area contributed by atoms with Crippen molar-refractivity contribution in [1.82, 2.24) is 5.32 Å².